The predicted molar refractivity (Wildman–Crippen MR) is 57.6 cm³/mol. The highest BCUT2D eigenvalue weighted by Gasteiger charge is 2.39. The van der Waals surface area contributed by atoms with E-state index in [-0.39, 0.29) is 5.56 Å². The number of phenolic OH excluding ortho intramolecular Hbond substituents is 1. The molecule has 0 aliphatic rings. The van der Waals surface area contributed by atoms with Crippen LogP contribution >= 0.6 is 11.8 Å². The Balaban J connectivity index is 3.24. The van der Waals surface area contributed by atoms with Crippen LogP contribution in [0.2, 0.25) is 0 Å². The zero-order valence-corrected chi connectivity index (χ0v) is 9.62. The molecule has 0 radical (unpaired) electrons. The molecule has 6 heteroatoms. The van der Waals surface area contributed by atoms with Gasteiger partial charge in [0.25, 0.3) is 0 Å². The summed E-state index contributed by atoms with van der Waals surface area (Å²) in [7, 11) is 0. The number of aryl methyl sites for hydroxylation is 1. The maximum Gasteiger partial charge on any atom is 0.407 e. The lowest BCUT2D eigenvalue weighted by Crippen LogP contribution is -2.28. The van der Waals surface area contributed by atoms with Crippen molar-refractivity contribution in [1.29, 1.82) is 0 Å². The number of rotatable bonds is 2. The molecule has 16 heavy (non-hydrogen) atoms. The Bertz CT molecular complexity index is 392. The Morgan fingerprint density at radius 2 is 1.94 bits per heavy atom. The third-order valence-electron chi connectivity index (χ3n) is 2.23. The van der Waals surface area contributed by atoms with Crippen molar-refractivity contribution in [2.45, 2.75) is 24.0 Å². The van der Waals surface area contributed by atoms with Gasteiger partial charge in [-0.25, -0.2) is 0 Å². The van der Waals surface area contributed by atoms with Crippen LogP contribution in [0.1, 0.15) is 17.2 Å². The highest BCUT2D eigenvalue weighted by Crippen LogP contribution is 2.37. The van der Waals surface area contributed by atoms with Crippen LogP contribution in [0.4, 0.5) is 13.2 Å². The molecular weight excluding hydrogens is 239 g/mol. The zero-order chi connectivity index (χ0) is 12.5. The van der Waals surface area contributed by atoms with Gasteiger partial charge in [0, 0.05) is 10.5 Å². The number of hydrogen-bond acceptors (Lipinski definition) is 3. The number of hydrogen-bond donors (Lipinski definition) is 2. The van der Waals surface area contributed by atoms with Gasteiger partial charge < -0.3 is 10.8 Å². The maximum absolute atomic E-state index is 12.4. The van der Waals surface area contributed by atoms with Crippen LogP contribution in [-0.4, -0.2) is 17.5 Å². The molecule has 0 unspecified atom stereocenters. The van der Waals surface area contributed by atoms with Gasteiger partial charge in [0.2, 0.25) is 0 Å². The molecular formula is C10H12F3NOS. The van der Waals surface area contributed by atoms with Gasteiger partial charge in [-0.05, 0) is 30.9 Å². The van der Waals surface area contributed by atoms with Crippen LogP contribution in [0.25, 0.3) is 0 Å². The highest BCUT2D eigenvalue weighted by atomic mass is 32.2. The standard InChI is InChI=1S/C10H12F3NOS/c1-5-3-7(15)6(4-8(5)16-2)9(14)10(11,12)13/h3-4,9,15H,14H2,1-2H3/t9-/m1/s1. The molecule has 0 spiro atoms. The van der Waals surface area contributed by atoms with E-state index < -0.39 is 18.0 Å². The fourth-order valence-corrected chi connectivity index (χ4v) is 1.96. The van der Waals surface area contributed by atoms with Crippen molar-refractivity contribution in [2.75, 3.05) is 6.26 Å². The third-order valence-corrected chi connectivity index (χ3v) is 3.11. The zero-order valence-electron chi connectivity index (χ0n) is 8.80. The fraction of sp³-hybridized carbons (Fsp3) is 0.400. The quantitative estimate of drug-likeness (QED) is 0.794. The molecule has 1 aromatic carbocycles. The average Bonchev–Trinajstić information content (AvgIpc) is 2.15. The molecule has 0 saturated carbocycles. The van der Waals surface area contributed by atoms with E-state index in [0.717, 1.165) is 5.56 Å². The van der Waals surface area contributed by atoms with Gasteiger partial charge in [0.15, 0.2) is 0 Å². The fourth-order valence-electron chi connectivity index (χ4n) is 1.33. The Morgan fingerprint density at radius 1 is 1.38 bits per heavy atom. The Labute approximate surface area is 95.6 Å². The van der Waals surface area contributed by atoms with E-state index in [1.165, 1.54) is 23.9 Å². The summed E-state index contributed by atoms with van der Waals surface area (Å²) in [6.45, 7) is 1.72. The number of nitrogens with two attached hydrogens (primary N) is 1. The lowest BCUT2D eigenvalue weighted by molar-refractivity contribution is -0.149. The molecule has 0 fully saturated rings. The molecule has 2 nitrogen and oxygen atoms in total. The summed E-state index contributed by atoms with van der Waals surface area (Å²) in [5.74, 6) is -0.417. The van der Waals surface area contributed by atoms with Gasteiger partial charge in [-0.15, -0.1) is 11.8 Å². The van der Waals surface area contributed by atoms with E-state index in [4.69, 9.17) is 5.73 Å². The van der Waals surface area contributed by atoms with Crippen LogP contribution in [-0.2, 0) is 0 Å². The molecule has 0 amide bonds. The Morgan fingerprint density at radius 3 is 2.38 bits per heavy atom. The second-order valence-corrected chi connectivity index (χ2v) is 4.25. The van der Waals surface area contributed by atoms with Crippen molar-refractivity contribution in [1.82, 2.24) is 0 Å². The lowest BCUT2D eigenvalue weighted by atomic mass is 10.0. The smallest absolute Gasteiger partial charge is 0.407 e. The summed E-state index contributed by atoms with van der Waals surface area (Å²) in [5.41, 5.74) is 5.49. The SMILES string of the molecule is CSc1cc([C@@H](N)C(F)(F)F)c(O)cc1C. The first-order valence-electron chi connectivity index (χ1n) is 4.47. The minimum absolute atomic E-state index is 0.289. The van der Waals surface area contributed by atoms with Gasteiger partial charge in [-0.3, -0.25) is 0 Å². The van der Waals surface area contributed by atoms with Crippen LogP contribution in [0.5, 0.6) is 5.75 Å². The number of alkyl halides is 3. The van der Waals surface area contributed by atoms with E-state index in [9.17, 15) is 18.3 Å². The van der Waals surface area contributed by atoms with Gasteiger partial charge in [0.05, 0.1) is 0 Å². The van der Waals surface area contributed by atoms with Crippen LogP contribution in [0, 0.1) is 6.92 Å². The second kappa shape index (κ2) is 4.55. The summed E-state index contributed by atoms with van der Waals surface area (Å²) in [4.78, 5) is 0.674. The number of benzene rings is 1. The first kappa shape index (κ1) is 13.2. The predicted octanol–water partition coefficient (Wildman–Crippen LogP) is 2.98. The van der Waals surface area contributed by atoms with Crippen LogP contribution in [0.15, 0.2) is 17.0 Å². The van der Waals surface area contributed by atoms with Gasteiger partial charge >= 0.3 is 6.18 Å². The first-order chi connectivity index (χ1) is 7.27. The molecule has 0 saturated heterocycles. The summed E-state index contributed by atoms with van der Waals surface area (Å²) in [6, 6.07) is 0.430. The molecule has 3 N–H and O–H groups in total. The van der Waals surface area contributed by atoms with Crippen molar-refractivity contribution in [3.8, 4) is 5.75 Å². The average molecular weight is 251 g/mol. The molecule has 0 bridgehead atoms. The highest BCUT2D eigenvalue weighted by molar-refractivity contribution is 7.98. The third kappa shape index (κ3) is 2.62. The van der Waals surface area contributed by atoms with E-state index in [2.05, 4.69) is 0 Å². The van der Waals surface area contributed by atoms with Crippen molar-refractivity contribution < 1.29 is 18.3 Å². The van der Waals surface area contributed by atoms with Crippen molar-refractivity contribution in [3.63, 3.8) is 0 Å². The molecule has 0 aliphatic carbocycles. The molecule has 1 rings (SSSR count). The molecule has 1 aromatic rings. The summed E-state index contributed by atoms with van der Waals surface area (Å²) in [6.07, 6.45) is -2.80. The van der Waals surface area contributed by atoms with Crippen molar-refractivity contribution in [2.24, 2.45) is 5.73 Å². The Hall–Kier alpha value is -0.880. The summed E-state index contributed by atoms with van der Waals surface area (Å²) < 4.78 is 37.2. The van der Waals surface area contributed by atoms with E-state index >= 15 is 0 Å². The molecule has 1 atom stereocenters. The van der Waals surface area contributed by atoms with Crippen LogP contribution in [0.3, 0.4) is 0 Å². The van der Waals surface area contributed by atoms with Gasteiger partial charge in [0.1, 0.15) is 11.8 Å². The van der Waals surface area contributed by atoms with E-state index in [1.807, 2.05) is 0 Å². The number of halogens is 3. The number of phenols is 1. The topological polar surface area (TPSA) is 46.2 Å². The minimum atomic E-state index is -4.55. The summed E-state index contributed by atoms with van der Waals surface area (Å²) in [5, 5.41) is 9.46. The first-order valence-corrected chi connectivity index (χ1v) is 5.69. The van der Waals surface area contributed by atoms with Crippen LogP contribution < -0.4 is 5.73 Å². The maximum atomic E-state index is 12.4. The molecule has 0 aliphatic heterocycles. The molecule has 90 valence electrons. The van der Waals surface area contributed by atoms with Gasteiger partial charge in [-0.2, -0.15) is 13.2 Å². The second-order valence-electron chi connectivity index (χ2n) is 3.40. The van der Waals surface area contributed by atoms with Gasteiger partial charge in [-0.1, -0.05) is 0 Å². The lowest BCUT2D eigenvalue weighted by Gasteiger charge is -2.18. The normalized spacial score (nSPS) is 13.9. The molecule has 0 aromatic heterocycles. The van der Waals surface area contributed by atoms with Crippen molar-refractivity contribution in [3.05, 3.63) is 23.3 Å². The monoisotopic (exact) mass is 251 g/mol. The largest absolute Gasteiger partial charge is 0.508 e. The van der Waals surface area contributed by atoms with E-state index in [1.54, 1.807) is 13.2 Å². The molecule has 0 heterocycles. The minimum Gasteiger partial charge on any atom is -0.508 e. The summed E-state index contributed by atoms with van der Waals surface area (Å²) >= 11 is 1.31. The Kier molecular flexibility index (Phi) is 3.75. The van der Waals surface area contributed by atoms with E-state index in [0.29, 0.717) is 4.90 Å². The van der Waals surface area contributed by atoms with Crippen molar-refractivity contribution >= 4 is 11.8 Å². The number of thioether (sulfide) groups is 1. The number of aromatic hydroxyl groups is 1.